The summed E-state index contributed by atoms with van der Waals surface area (Å²) in [6.45, 7) is 1.86. The Morgan fingerprint density at radius 3 is 2.73 bits per heavy atom. The van der Waals surface area contributed by atoms with E-state index in [9.17, 15) is 9.59 Å². The minimum Gasteiger partial charge on any atom is -0.366 e. The van der Waals surface area contributed by atoms with Crippen LogP contribution in [0.25, 0.3) is 10.9 Å². The van der Waals surface area contributed by atoms with Crippen LogP contribution >= 0.6 is 0 Å². The third kappa shape index (κ3) is 2.51. The van der Waals surface area contributed by atoms with Gasteiger partial charge >= 0.3 is 5.97 Å². The van der Waals surface area contributed by atoms with Crippen molar-refractivity contribution in [1.29, 1.82) is 0 Å². The highest BCUT2D eigenvalue weighted by Gasteiger charge is 2.13. The number of aromatic nitrogens is 3. The third-order valence-electron chi connectivity index (χ3n) is 3.11. The van der Waals surface area contributed by atoms with Gasteiger partial charge in [-0.25, -0.2) is 4.79 Å². The molecule has 2 aromatic heterocycles. The molecular formula is C15H12N4O3. The normalized spacial score (nSPS) is 10.6. The molecule has 0 aliphatic heterocycles. The van der Waals surface area contributed by atoms with Crippen LogP contribution in [0.15, 0.2) is 42.7 Å². The molecule has 0 radical (unpaired) electrons. The molecule has 3 aromatic rings. The zero-order valence-corrected chi connectivity index (χ0v) is 11.7. The largest absolute Gasteiger partial charge is 0.366 e. The lowest BCUT2D eigenvalue weighted by atomic mass is 10.1. The van der Waals surface area contributed by atoms with Crippen molar-refractivity contribution >= 4 is 22.8 Å². The van der Waals surface area contributed by atoms with Crippen LogP contribution in [0.2, 0.25) is 0 Å². The molecule has 7 nitrogen and oxygen atoms in total. The van der Waals surface area contributed by atoms with E-state index in [4.69, 9.17) is 10.6 Å². The summed E-state index contributed by atoms with van der Waals surface area (Å²) in [7, 11) is 0. The maximum Gasteiger partial charge on any atom is 0.365 e. The predicted molar refractivity (Wildman–Crippen MR) is 78.1 cm³/mol. The number of rotatable bonds is 3. The molecule has 0 spiro atoms. The first-order chi connectivity index (χ1) is 10.5. The number of hydrogen-bond acceptors (Lipinski definition) is 5. The highest BCUT2D eigenvalue weighted by Crippen LogP contribution is 2.13. The average molecular weight is 296 g/mol. The van der Waals surface area contributed by atoms with Crippen molar-refractivity contribution in [3.8, 4) is 0 Å². The highest BCUT2D eigenvalue weighted by molar-refractivity contribution is 5.97. The van der Waals surface area contributed by atoms with E-state index >= 15 is 0 Å². The number of aryl methyl sites for hydroxylation is 1. The molecule has 1 amide bonds. The molecule has 0 saturated heterocycles. The van der Waals surface area contributed by atoms with Crippen molar-refractivity contribution in [3.63, 3.8) is 0 Å². The van der Waals surface area contributed by atoms with Gasteiger partial charge in [-0.1, -0.05) is 10.9 Å². The number of fused-ring (bicyclic) bond motifs is 1. The van der Waals surface area contributed by atoms with Crippen molar-refractivity contribution < 1.29 is 14.4 Å². The molecular weight excluding hydrogens is 284 g/mol. The monoisotopic (exact) mass is 296 g/mol. The van der Waals surface area contributed by atoms with Gasteiger partial charge in [-0.2, -0.15) is 0 Å². The molecule has 0 bridgehead atoms. The van der Waals surface area contributed by atoms with Crippen molar-refractivity contribution in [3.05, 3.63) is 59.5 Å². The van der Waals surface area contributed by atoms with Gasteiger partial charge in [-0.3, -0.25) is 9.78 Å². The van der Waals surface area contributed by atoms with E-state index in [0.717, 1.165) is 15.9 Å². The Kier molecular flexibility index (Phi) is 3.30. The number of carbonyl (C=O) groups excluding carboxylic acids is 2. The molecule has 0 fully saturated rings. The first kappa shape index (κ1) is 13.7. The molecule has 22 heavy (non-hydrogen) atoms. The Balaban J connectivity index is 1.90. The van der Waals surface area contributed by atoms with Gasteiger partial charge in [0.2, 0.25) is 5.91 Å². The average Bonchev–Trinajstić information content (AvgIpc) is 2.89. The topological polar surface area (TPSA) is 100 Å². The first-order valence-corrected chi connectivity index (χ1v) is 6.47. The summed E-state index contributed by atoms with van der Waals surface area (Å²) < 4.78 is 0. The fourth-order valence-corrected chi connectivity index (χ4v) is 2.02. The van der Waals surface area contributed by atoms with Gasteiger partial charge < -0.3 is 10.6 Å². The van der Waals surface area contributed by atoms with Gasteiger partial charge in [0.05, 0.1) is 18.0 Å². The number of nitrogens with zero attached hydrogens (tertiary/aromatic N) is 3. The fourth-order valence-electron chi connectivity index (χ4n) is 2.02. The van der Waals surface area contributed by atoms with Crippen LogP contribution in [0.5, 0.6) is 0 Å². The highest BCUT2D eigenvalue weighted by atomic mass is 16.7. The summed E-state index contributed by atoms with van der Waals surface area (Å²) in [5, 5.41) is 4.81. The van der Waals surface area contributed by atoms with Crippen LogP contribution in [0, 0.1) is 6.92 Å². The summed E-state index contributed by atoms with van der Waals surface area (Å²) in [4.78, 5) is 33.7. The molecule has 1 aromatic carbocycles. The minimum atomic E-state index is -0.645. The van der Waals surface area contributed by atoms with E-state index < -0.39 is 11.9 Å². The minimum absolute atomic E-state index is 0.208. The summed E-state index contributed by atoms with van der Waals surface area (Å²) in [6.07, 6.45) is 3.15. The molecule has 2 N–H and O–H groups in total. The molecule has 2 heterocycles. The summed E-state index contributed by atoms with van der Waals surface area (Å²) in [5.74, 6) is -1.26. The summed E-state index contributed by atoms with van der Waals surface area (Å²) in [6, 6.07) is 7.82. The fraction of sp³-hybridized carbons (Fsp3) is 0.0667. The zero-order valence-electron chi connectivity index (χ0n) is 11.7. The molecule has 110 valence electrons. The smallest absolute Gasteiger partial charge is 0.365 e. The van der Waals surface area contributed by atoms with Crippen LogP contribution in [0.1, 0.15) is 26.4 Å². The van der Waals surface area contributed by atoms with Gasteiger partial charge in [-0.05, 0) is 31.2 Å². The number of amides is 1. The van der Waals surface area contributed by atoms with Gasteiger partial charge in [0.15, 0.2) is 0 Å². The standard InChI is InChI=1S/C15H12N4O3/c1-9-5-12-7-18-19(13(12)8-17-9)22-15(21)11-4-2-3-10(6-11)14(16)20/h2-8H,1H3,(H2,16,20). The lowest BCUT2D eigenvalue weighted by Gasteiger charge is -2.05. The second-order valence-corrected chi connectivity index (χ2v) is 4.73. The Labute approximate surface area is 125 Å². The van der Waals surface area contributed by atoms with Crippen LogP contribution in [0.4, 0.5) is 0 Å². The van der Waals surface area contributed by atoms with E-state index in [2.05, 4.69) is 10.1 Å². The zero-order chi connectivity index (χ0) is 15.7. The van der Waals surface area contributed by atoms with E-state index in [0.29, 0.717) is 5.52 Å². The maximum absolute atomic E-state index is 12.1. The van der Waals surface area contributed by atoms with E-state index in [1.54, 1.807) is 18.5 Å². The first-order valence-electron chi connectivity index (χ1n) is 6.47. The molecule has 0 saturated carbocycles. The number of nitrogens with two attached hydrogens (primary N) is 1. The molecule has 0 unspecified atom stereocenters. The van der Waals surface area contributed by atoms with Crippen molar-refractivity contribution in [2.45, 2.75) is 6.92 Å². The quantitative estimate of drug-likeness (QED) is 0.780. The number of carbonyl (C=O) groups is 2. The van der Waals surface area contributed by atoms with Crippen LogP contribution in [-0.4, -0.2) is 26.8 Å². The van der Waals surface area contributed by atoms with Gasteiger partial charge in [0, 0.05) is 16.6 Å². The Bertz CT molecular complexity index is 885. The molecule has 0 aliphatic carbocycles. The van der Waals surface area contributed by atoms with E-state index in [-0.39, 0.29) is 11.1 Å². The molecule has 7 heteroatoms. The Hall–Kier alpha value is -3.22. The molecule has 3 rings (SSSR count). The second-order valence-electron chi connectivity index (χ2n) is 4.73. The second kappa shape index (κ2) is 5.28. The number of hydrogen-bond donors (Lipinski definition) is 1. The SMILES string of the molecule is Cc1cc2cnn(OC(=O)c3cccc(C(N)=O)c3)c2cn1. The van der Waals surface area contributed by atoms with Gasteiger partial charge in [0.1, 0.15) is 5.52 Å². The summed E-state index contributed by atoms with van der Waals surface area (Å²) >= 11 is 0. The summed E-state index contributed by atoms with van der Waals surface area (Å²) in [5.41, 5.74) is 7.05. The molecule has 0 aliphatic rings. The Morgan fingerprint density at radius 1 is 1.18 bits per heavy atom. The van der Waals surface area contributed by atoms with Crippen molar-refractivity contribution in [2.75, 3.05) is 0 Å². The number of primary amides is 1. The lowest BCUT2D eigenvalue weighted by Crippen LogP contribution is -2.21. The van der Waals surface area contributed by atoms with Gasteiger partial charge in [-0.15, -0.1) is 5.10 Å². The van der Waals surface area contributed by atoms with Crippen LogP contribution in [0.3, 0.4) is 0 Å². The van der Waals surface area contributed by atoms with Crippen LogP contribution < -0.4 is 10.6 Å². The lowest BCUT2D eigenvalue weighted by molar-refractivity contribution is 0.0419. The predicted octanol–water partition coefficient (Wildman–Crippen LogP) is 1.11. The van der Waals surface area contributed by atoms with Crippen LogP contribution in [-0.2, 0) is 0 Å². The number of pyridine rings is 1. The number of benzene rings is 1. The van der Waals surface area contributed by atoms with E-state index in [1.807, 2.05) is 13.0 Å². The van der Waals surface area contributed by atoms with Gasteiger partial charge in [0.25, 0.3) is 0 Å². The van der Waals surface area contributed by atoms with E-state index in [1.165, 1.54) is 18.2 Å². The maximum atomic E-state index is 12.1. The Morgan fingerprint density at radius 2 is 1.95 bits per heavy atom. The van der Waals surface area contributed by atoms with Crippen molar-refractivity contribution in [2.24, 2.45) is 5.73 Å². The molecule has 0 atom stereocenters. The van der Waals surface area contributed by atoms with Crippen molar-refractivity contribution in [1.82, 2.24) is 14.9 Å². The third-order valence-corrected chi connectivity index (χ3v) is 3.11.